The minimum absolute atomic E-state index is 0.00930. The lowest BCUT2D eigenvalue weighted by atomic mass is 9.48. The van der Waals surface area contributed by atoms with Crippen LogP contribution in [-0.2, 0) is 9.47 Å². The summed E-state index contributed by atoms with van der Waals surface area (Å²) in [6.07, 6.45) is 9.58. The number of amides is 2. The van der Waals surface area contributed by atoms with Crippen molar-refractivity contribution in [2.45, 2.75) is 52.0 Å². The van der Waals surface area contributed by atoms with Gasteiger partial charge in [-0.05, 0) is 49.9 Å². The normalized spacial score (nSPS) is 31.7. The van der Waals surface area contributed by atoms with Gasteiger partial charge >= 0.3 is 6.09 Å². The molecule has 2 unspecified atom stereocenters. The van der Waals surface area contributed by atoms with E-state index in [2.05, 4.69) is 15.3 Å². The second-order valence-corrected chi connectivity index (χ2v) is 11.9. The first-order valence-electron chi connectivity index (χ1n) is 13.1. The molecule has 0 radical (unpaired) electrons. The molecular formula is C26H38FN5O4. The van der Waals surface area contributed by atoms with E-state index in [9.17, 15) is 14.0 Å². The van der Waals surface area contributed by atoms with Crippen molar-refractivity contribution in [1.82, 2.24) is 15.1 Å². The first-order valence-corrected chi connectivity index (χ1v) is 13.1. The van der Waals surface area contributed by atoms with E-state index in [1.54, 1.807) is 23.2 Å². The van der Waals surface area contributed by atoms with Gasteiger partial charge in [0.05, 0.1) is 32.7 Å². The number of nitrogens with zero attached hydrogens (tertiary/aromatic N) is 3. The zero-order chi connectivity index (χ0) is 25.5. The standard InChI is InChI=1S/C26H38FN5O4/c1-25(2,15-27)3-4-32-23(31-5-7-35-8-6-31)20(14-29-32)22(33)30-21-18-9-17-10-19(21)13-26(11-17,12-18)16-36-24(28)34/h3-4,14,17-19,21H,5-13,15-16H2,1-2H3,(H2,28,34)(H,30,33)/b4-3+/t17?,18?,19?,21-,26-. The Kier molecular flexibility index (Phi) is 6.74. The van der Waals surface area contributed by atoms with Crippen LogP contribution in [0.4, 0.5) is 15.0 Å². The fourth-order valence-corrected chi connectivity index (χ4v) is 7.09. The number of rotatable bonds is 8. The lowest BCUT2D eigenvalue weighted by Gasteiger charge is -2.59. The Labute approximate surface area is 211 Å². The Hall–Kier alpha value is -2.62. The molecule has 4 saturated carbocycles. The lowest BCUT2D eigenvalue weighted by Crippen LogP contribution is -2.60. The van der Waals surface area contributed by atoms with Crippen molar-refractivity contribution in [3.05, 3.63) is 17.8 Å². The molecule has 198 valence electrons. The van der Waals surface area contributed by atoms with Crippen LogP contribution in [0.2, 0.25) is 0 Å². The maximum absolute atomic E-state index is 13.7. The van der Waals surface area contributed by atoms with Gasteiger partial charge < -0.3 is 25.4 Å². The van der Waals surface area contributed by atoms with Crippen molar-refractivity contribution in [1.29, 1.82) is 0 Å². The van der Waals surface area contributed by atoms with Crippen molar-refractivity contribution in [2.75, 3.05) is 44.5 Å². The lowest BCUT2D eigenvalue weighted by molar-refractivity contribution is -0.0977. The number of aromatic nitrogens is 2. The molecule has 4 aliphatic carbocycles. The molecule has 6 rings (SSSR count). The van der Waals surface area contributed by atoms with Crippen LogP contribution in [0.5, 0.6) is 0 Å². The van der Waals surface area contributed by atoms with Crippen LogP contribution in [0.15, 0.2) is 12.3 Å². The van der Waals surface area contributed by atoms with Crippen LogP contribution in [0, 0.1) is 28.6 Å². The Morgan fingerprint density at radius 3 is 2.61 bits per heavy atom. The molecule has 2 amide bonds. The van der Waals surface area contributed by atoms with E-state index in [-0.39, 0.29) is 17.4 Å². The molecule has 10 heteroatoms. The van der Waals surface area contributed by atoms with Gasteiger partial charge in [0.25, 0.3) is 5.91 Å². The number of ether oxygens (including phenoxy) is 2. The number of primary amides is 1. The van der Waals surface area contributed by atoms with Crippen molar-refractivity contribution in [3.8, 4) is 0 Å². The number of nitrogens with two attached hydrogens (primary N) is 1. The highest BCUT2D eigenvalue weighted by Crippen LogP contribution is 2.60. The number of halogens is 1. The second-order valence-electron chi connectivity index (χ2n) is 11.9. The molecule has 2 atom stereocenters. The van der Waals surface area contributed by atoms with Crippen molar-refractivity contribution < 1.29 is 23.5 Å². The summed E-state index contributed by atoms with van der Waals surface area (Å²) in [5.74, 6) is 1.94. The first-order chi connectivity index (χ1) is 17.2. The smallest absolute Gasteiger partial charge is 0.404 e. The predicted molar refractivity (Wildman–Crippen MR) is 133 cm³/mol. The van der Waals surface area contributed by atoms with Gasteiger partial charge in [0.1, 0.15) is 11.4 Å². The summed E-state index contributed by atoms with van der Waals surface area (Å²) in [6, 6.07) is 0.0951. The highest BCUT2D eigenvalue weighted by molar-refractivity contribution is 5.99. The minimum atomic E-state index is -0.716. The van der Waals surface area contributed by atoms with E-state index in [0.29, 0.717) is 56.2 Å². The van der Waals surface area contributed by atoms with E-state index >= 15 is 0 Å². The molecule has 9 nitrogen and oxygen atoms in total. The summed E-state index contributed by atoms with van der Waals surface area (Å²) in [7, 11) is 0. The van der Waals surface area contributed by atoms with Crippen LogP contribution in [0.25, 0.3) is 6.20 Å². The Balaban J connectivity index is 1.35. The topological polar surface area (TPSA) is 112 Å². The van der Waals surface area contributed by atoms with Crippen molar-refractivity contribution in [2.24, 2.45) is 34.3 Å². The van der Waals surface area contributed by atoms with Gasteiger partial charge in [-0.25, -0.2) is 9.48 Å². The summed E-state index contributed by atoms with van der Waals surface area (Å²) >= 11 is 0. The zero-order valence-electron chi connectivity index (χ0n) is 21.2. The van der Waals surface area contributed by atoms with Gasteiger partial charge in [-0.1, -0.05) is 19.9 Å². The molecule has 1 aliphatic heterocycles. The summed E-state index contributed by atoms with van der Waals surface area (Å²) in [5, 5.41) is 7.86. The summed E-state index contributed by atoms with van der Waals surface area (Å²) in [5.41, 5.74) is 5.15. The van der Waals surface area contributed by atoms with Gasteiger partial charge in [0.15, 0.2) is 0 Å². The first kappa shape index (κ1) is 25.0. The van der Waals surface area contributed by atoms with Gasteiger partial charge in [-0.3, -0.25) is 9.18 Å². The zero-order valence-corrected chi connectivity index (χ0v) is 21.2. The van der Waals surface area contributed by atoms with E-state index in [0.717, 1.165) is 37.9 Å². The van der Waals surface area contributed by atoms with Crippen LogP contribution in [0.1, 0.15) is 56.3 Å². The van der Waals surface area contributed by atoms with Crippen LogP contribution in [0.3, 0.4) is 0 Å². The number of carbonyl (C=O) groups excluding carboxylic acids is 2. The summed E-state index contributed by atoms with van der Waals surface area (Å²) in [4.78, 5) is 27.0. The average molecular weight is 504 g/mol. The molecule has 2 heterocycles. The third kappa shape index (κ3) is 4.96. The van der Waals surface area contributed by atoms with E-state index in [1.807, 2.05) is 13.8 Å². The van der Waals surface area contributed by atoms with Gasteiger partial charge in [0.2, 0.25) is 0 Å². The average Bonchev–Trinajstić information content (AvgIpc) is 3.28. The number of nitrogens with one attached hydrogen (secondary N) is 1. The van der Waals surface area contributed by atoms with E-state index in [4.69, 9.17) is 15.2 Å². The Morgan fingerprint density at radius 2 is 1.97 bits per heavy atom. The SMILES string of the molecule is CC(C)(/C=C/n1ncc(C(=O)N[C@H]2C3CC4CC2C[C@](COC(N)=O)(C4)C3)c1N1CCOCC1)CF. The molecule has 36 heavy (non-hydrogen) atoms. The van der Waals surface area contributed by atoms with Gasteiger partial charge in [-0.2, -0.15) is 5.10 Å². The number of hydrogen-bond acceptors (Lipinski definition) is 6. The molecule has 1 saturated heterocycles. The Bertz CT molecular complexity index is 1000. The largest absolute Gasteiger partial charge is 0.449 e. The van der Waals surface area contributed by atoms with Crippen LogP contribution < -0.4 is 16.0 Å². The second kappa shape index (κ2) is 9.68. The number of carbonyl (C=O) groups is 2. The minimum Gasteiger partial charge on any atom is -0.449 e. The third-order valence-electron chi connectivity index (χ3n) is 8.55. The van der Waals surface area contributed by atoms with Crippen LogP contribution in [-0.4, -0.2) is 67.4 Å². The summed E-state index contributed by atoms with van der Waals surface area (Å²) in [6.45, 7) is 6.01. The van der Waals surface area contributed by atoms with Crippen molar-refractivity contribution >= 4 is 24.0 Å². The fraction of sp³-hybridized carbons (Fsp3) is 0.731. The Morgan fingerprint density at radius 1 is 1.28 bits per heavy atom. The molecule has 1 aromatic heterocycles. The molecule has 0 spiro atoms. The number of allylic oxidation sites excluding steroid dienone is 1. The number of morpholine rings is 1. The predicted octanol–water partition coefficient (Wildman–Crippen LogP) is 3.21. The maximum atomic E-state index is 13.7. The summed E-state index contributed by atoms with van der Waals surface area (Å²) < 4.78 is 25.8. The third-order valence-corrected chi connectivity index (χ3v) is 8.55. The quantitative estimate of drug-likeness (QED) is 0.564. The maximum Gasteiger partial charge on any atom is 0.404 e. The van der Waals surface area contributed by atoms with Crippen LogP contribution >= 0.6 is 0 Å². The van der Waals surface area contributed by atoms with Gasteiger partial charge in [0, 0.05) is 36.2 Å². The highest BCUT2D eigenvalue weighted by atomic mass is 19.1. The molecule has 0 aromatic carbocycles. The van der Waals surface area contributed by atoms with E-state index < -0.39 is 18.2 Å². The molecule has 1 aromatic rings. The number of hydrogen-bond donors (Lipinski definition) is 2. The molecule has 5 fully saturated rings. The van der Waals surface area contributed by atoms with Crippen molar-refractivity contribution in [3.63, 3.8) is 0 Å². The molecule has 4 bridgehead atoms. The number of anilines is 1. The van der Waals surface area contributed by atoms with E-state index in [1.165, 1.54) is 0 Å². The number of alkyl halides is 1. The highest BCUT2D eigenvalue weighted by Gasteiger charge is 2.56. The molecule has 5 aliphatic rings. The molecule has 3 N–H and O–H groups in total. The van der Waals surface area contributed by atoms with Gasteiger partial charge in [-0.15, -0.1) is 0 Å². The fourth-order valence-electron chi connectivity index (χ4n) is 7.09. The molecular weight excluding hydrogens is 465 g/mol. The monoisotopic (exact) mass is 503 g/mol.